The quantitative estimate of drug-likeness (QED) is 0.747. The first-order chi connectivity index (χ1) is 13.1. The maximum atomic E-state index is 12.1. The molecule has 1 saturated heterocycles. The third-order valence-electron chi connectivity index (χ3n) is 4.54. The summed E-state index contributed by atoms with van der Waals surface area (Å²) >= 11 is 0. The number of nitrogens with two attached hydrogens (primary N) is 1. The van der Waals surface area contributed by atoms with Gasteiger partial charge in [-0.25, -0.2) is 9.97 Å². The summed E-state index contributed by atoms with van der Waals surface area (Å²) in [5.74, 6) is 1.56. The van der Waals surface area contributed by atoms with Gasteiger partial charge in [0.1, 0.15) is 17.8 Å². The molecule has 8 heteroatoms. The van der Waals surface area contributed by atoms with Crippen molar-refractivity contribution in [3.05, 3.63) is 30.6 Å². The Morgan fingerprint density at radius 3 is 3.04 bits per heavy atom. The smallest absolute Gasteiger partial charge is 0.310 e. The molecule has 27 heavy (non-hydrogen) atoms. The Bertz CT molecular complexity index is 799. The number of nitrogen functional groups attached to an aromatic ring is 1. The minimum Gasteiger partial charge on any atom is -0.497 e. The van der Waals surface area contributed by atoms with Crippen molar-refractivity contribution in [1.29, 1.82) is 0 Å². The average molecular weight is 371 g/mol. The molecule has 0 spiro atoms. The predicted molar refractivity (Wildman–Crippen MR) is 104 cm³/mol. The van der Waals surface area contributed by atoms with E-state index in [1.807, 2.05) is 36.1 Å². The van der Waals surface area contributed by atoms with Gasteiger partial charge in [0, 0.05) is 24.8 Å². The van der Waals surface area contributed by atoms with Gasteiger partial charge < -0.3 is 25.4 Å². The first kappa shape index (κ1) is 18.8. The number of piperidine rings is 1. The van der Waals surface area contributed by atoms with E-state index in [2.05, 4.69) is 15.3 Å². The fourth-order valence-electron chi connectivity index (χ4n) is 3.20. The van der Waals surface area contributed by atoms with E-state index < -0.39 is 0 Å². The SMILES string of the molecule is CCOC(=O)C1CCCN(c2ncnc(Nc3cccc(OC)c3)c2N)C1. The van der Waals surface area contributed by atoms with Crippen LogP contribution in [0, 0.1) is 5.92 Å². The molecular formula is C19H25N5O3. The second-order valence-corrected chi connectivity index (χ2v) is 6.35. The van der Waals surface area contributed by atoms with Crippen LogP contribution in [0.25, 0.3) is 0 Å². The summed E-state index contributed by atoms with van der Waals surface area (Å²) in [6.45, 7) is 3.53. The van der Waals surface area contributed by atoms with E-state index in [1.165, 1.54) is 6.33 Å². The lowest BCUT2D eigenvalue weighted by atomic mass is 9.98. The molecule has 1 atom stereocenters. The van der Waals surface area contributed by atoms with Gasteiger partial charge in [0.25, 0.3) is 0 Å². The first-order valence-electron chi connectivity index (χ1n) is 9.05. The molecule has 1 fully saturated rings. The van der Waals surface area contributed by atoms with E-state index in [-0.39, 0.29) is 11.9 Å². The highest BCUT2D eigenvalue weighted by atomic mass is 16.5. The number of nitrogens with one attached hydrogen (secondary N) is 1. The summed E-state index contributed by atoms with van der Waals surface area (Å²) in [6.07, 6.45) is 3.17. The van der Waals surface area contributed by atoms with Crippen LogP contribution in [0.3, 0.4) is 0 Å². The minimum atomic E-state index is -0.164. The number of aromatic nitrogens is 2. The Hall–Kier alpha value is -3.03. The maximum absolute atomic E-state index is 12.1. The normalized spacial score (nSPS) is 16.7. The standard InChI is InChI=1S/C19H25N5O3/c1-3-27-19(25)13-6-5-9-24(11-13)18-16(20)17(21-12-22-18)23-14-7-4-8-15(10-14)26-2/h4,7-8,10,12-13H,3,5-6,9,11,20H2,1-2H3,(H,21,22,23). The number of esters is 1. The van der Waals surface area contributed by atoms with Crippen molar-refractivity contribution in [2.24, 2.45) is 5.92 Å². The third kappa shape index (κ3) is 4.39. The summed E-state index contributed by atoms with van der Waals surface area (Å²) in [6, 6.07) is 7.51. The largest absolute Gasteiger partial charge is 0.497 e. The molecule has 0 amide bonds. The Labute approximate surface area is 158 Å². The van der Waals surface area contributed by atoms with Gasteiger partial charge in [-0.15, -0.1) is 0 Å². The van der Waals surface area contributed by atoms with Crippen molar-refractivity contribution >= 4 is 29.0 Å². The predicted octanol–water partition coefficient (Wildman–Crippen LogP) is 2.59. The van der Waals surface area contributed by atoms with Crippen molar-refractivity contribution in [3.63, 3.8) is 0 Å². The van der Waals surface area contributed by atoms with Crippen molar-refractivity contribution < 1.29 is 14.3 Å². The molecule has 1 unspecified atom stereocenters. The summed E-state index contributed by atoms with van der Waals surface area (Å²) < 4.78 is 10.4. The molecule has 0 saturated carbocycles. The molecule has 1 aromatic heterocycles. The molecule has 2 aromatic rings. The fourth-order valence-corrected chi connectivity index (χ4v) is 3.20. The lowest BCUT2D eigenvalue weighted by Gasteiger charge is -2.33. The van der Waals surface area contributed by atoms with Crippen LogP contribution in [0.15, 0.2) is 30.6 Å². The number of ether oxygens (including phenoxy) is 2. The molecule has 1 aliphatic rings. The second-order valence-electron chi connectivity index (χ2n) is 6.35. The highest BCUT2D eigenvalue weighted by Gasteiger charge is 2.29. The topological polar surface area (TPSA) is 103 Å². The van der Waals surface area contributed by atoms with E-state index >= 15 is 0 Å². The van der Waals surface area contributed by atoms with Crippen LogP contribution in [-0.2, 0) is 9.53 Å². The number of rotatable bonds is 6. The third-order valence-corrected chi connectivity index (χ3v) is 4.54. The molecule has 144 valence electrons. The maximum Gasteiger partial charge on any atom is 0.310 e. The number of benzene rings is 1. The number of methoxy groups -OCH3 is 1. The zero-order valence-electron chi connectivity index (χ0n) is 15.6. The molecule has 3 N–H and O–H groups in total. The van der Waals surface area contributed by atoms with Crippen LogP contribution in [0.4, 0.5) is 23.0 Å². The van der Waals surface area contributed by atoms with Crippen LogP contribution >= 0.6 is 0 Å². The summed E-state index contributed by atoms with van der Waals surface area (Å²) in [5.41, 5.74) is 7.60. The van der Waals surface area contributed by atoms with Crippen LogP contribution in [0.1, 0.15) is 19.8 Å². The van der Waals surface area contributed by atoms with Crippen molar-refractivity contribution in [2.45, 2.75) is 19.8 Å². The van der Waals surface area contributed by atoms with E-state index in [0.29, 0.717) is 30.5 Å². The van der Waals surface area contributed by atoms with Crippen LogP contribution in [0.2, 0.25) is 0 Å². The van der Waals surface area contributed by atoms with Crippen LogP contribution in [-0.4, -0.2) is 42.7 Å². The van der Waals surface area contributed by atoms with E-state index in [0.717, 1.165) is 30.8 Å². The second kappa shape index (κ2) is 8.57. The van der Waals surface area contributed by atoms with Gasteiger partial charge in [-0.3, -0.25) is 4.79 Å². The number of anilines is 4. The molecule has 0 radical (unpaired) electrons. The lowest BCUT2D eigenvalue weighted by Crippen LogP contribution is -2.40. The Morgan fingerprint density at radius 2 is 2.26 bits per heavy atom. The van der Waals surface area contributed by atoms with E-state index in [1.54, 1.807) is 7.11 Å². The van der Waals surface area contributed by atoms with Gasteiger partial charge in [0.2, 0.25) is 0 Å². The molecule has 2 heterocycles. The molecule has 3 rings (SSSR count). The zero-order valence-corrected chi connectivity index (χ0v) is 15.6. The van der Waals surface area contributed by atoms with E-state index in [9.17, 15) is 4.79 Å². The Kier molecular flexibility index (Phi) is 5.95. The van der Waals surface area contributed by atoms with E-state index in [4.69, 9.17) is 15.2 Å². The molecule has 8 nitrogen and oxygen atoms in total. The van der Waals surface area contributed by atoms with Crippen molar-refractivity contribution in [1.82, 2.24) is 9.97 Å². The average Bonchev–Trinajstić information content (AvgIpc) is 2.70. The van der Waals surface area contributed by atoms with Crippen LogP contribution in [0.5, 0.6) is 5.75 Å². The fraction of sp³-hybridized carbons (Fsp3) is 0.421. The monoisotopic (exact) mass is 371 g/mol. The number of hydrogen-bond donors (Lipinski definition) is 2. The molecular weight excluding hydrogens is 346 g/mol. The number of hydrogen-bond acceptors (Lipinski definition) is 8. The molecule has 1 aromatic carbocycles. The van der Waals surface area contributed by atoms with Gasteiger partial charge in [0.05, 0.1) is 19.6 Å². The van der Waals surface area contributed by atoms with Gasteiger partial charge >= 0.3 is 5.97 Å². The minimum absolute atomic E-state index is 0.162. The zero-order chi connectivity index (χ0) is 19.2. The van der Waals surface area contributed by atoms with Crippen LogP contribution < -0.4 is 20.7 Å². The highest BCUT2D eigenvalue weighted by Crippen LogP contribution is 2.32. The molecule has 1 aliphatic heterocycles. The van der Waals surface area contributed by atoms with Gasteiger partial charge in [-0.05, 0) is 31.9 Å². The Balaban J connectivity index is 1.78. The number of carbonyl (C=O) groups excluding carboxylic acids is 1. The highest BCUT2D eigenvalue weighted by molar-refractivity contribution is 5.79. The summed E-state index contributed by atoms with van der Waals surface area (Å²) in [4.78, 5) is 22.7. The number of nitrogens with zero attached hydrogens (tertiary/aromatic N) is 3. The lowest BCUT2D eigenvalue weighted by molar-refractivity contribution is -0.148. The van der Waals surface area contributed by atoms with Gasteiger partial charge in [-0.2, -0.15) is 0 Å². The Morgan fingerprint density at radius 1 is 1.41 bits per heavy atom. The summed E-state index contributed by atoms with van der Waals surface area (Å²) in [5, 5.41) is 3.21. The first-order valence-corrected chi connectivity index (χ1v) is 9.05. The summed E-state index contributed by atoms with van der Waals surface area (Å²) in [7, 11) is 1.62. The molecule has 0 bridgehead atoms. The molecule has 0 aliphatic carbocycles. The van der Waals surface area contributed by atoms with Crippen molar-refractivity contribution in [2.75, 3.05) is 42.8 Å². The van der Waals surface area contributed by atoms with Crippen molar-refractivity contribution in [3.8, 4) is 5.75 Å². The van der Waals surface area contributed by atoms with Gasteiger partial charge in [-0.1, -0.05) is 6.07 Å². The van der Waals surface area contributed by atoms with Gasteiger partial charge in [0.15, 0.2) is 11.6 Å². The number of carbonyl (C=O) groups is 1.